The summed E-state index contributed by atoms with van der Waals surface area (Å²) in [6, 6.07) is 0. The van der Waals surface area contributed by atoms with Gasteiger partial charge in [0.25, 0.3) is 0 Å². The quantitative estimate of drug-likeness (QED) is 0.570. The Morgan fingerprint density at radius 2 is 2.18 bits per heavy atom. The minimum Gasteiger partial charge on any atom is -0.393 e. The fraction of sp³-hybridized carbons (Fsp3) is 1.00. The molecule has 1 N–H and O–H groups in total. The van der Waals surface area contributed by atoms with Gasteiger partial charge in [-0.2, -0.15) is 0 Å². The highest BCUT2D eigenvalue weighted by Gasteiger charge is 2.44. The number of ether oxygens (including phenoxy) is 1. The molecule has 0 aromatic heterocycles. The Hall–Kier alpha value is -0.0800. The Morgan fingerprint density at radius 3 is 2.64 bits per heavy atom. The molecule has 2 atom stereocenters. The summed E-state index contributed by atoms with van der Waals surface area (Å²) in [6.45, 7) is 3.91. The predicted molar refractivity (Wildman–Crippen MR) is 42.3 cm³/mol. The molecule has 2 fully saturated rings. The van der Waals surface area contributed by atoms with Crippen LogP contribution in [0.2, 0.25) is 0 Å². The minimum absolute atomic E-state index is 0.0763. The van der Waals surface area contributed by atoms with Crippen LogP contribution in [0.1, 0.15) is 26.2 Å². The smallest absolute Gasteiger partial charge is 0.0572 e. The molecule has 1 saturated carbocycles. The van der Waals surface area contributed by atoms with Crippen LogP contribution >= 0.6 is 0 Å². The van der Waals surface area contributed by atoms with Crippen molar-refractivity contribution >= 4 is 0 Å². The first-order valence-corrected chi connectivity index (χ1v) is 4.48. The van der Waals surface area contributed by atoms with E-state index in [4.69, 9.17) is 4.74 Å². The minimum atomic E-state index is -0.0763. The van der Waals surface area contributed by atoms with E-state index in [1.165, 1.54) is 12.8 Å². The number of aliphatic hydroxyl groups is 1. The first-order chi connectivity index (χ1) is 5.22. The van der Waals surface area contributed by atoms with Gasteiger partial charge in [0, 0.05) is 5.41 Å². The van der Waals surface area contributed by atoms with Crippen molar-refractivity contribution in [1.29, 1.82) is 0 Å². The highest BCUT2D eigenvalue weighted by molar-refractivity contribution is 4.93. The molecule has 0 bridgehead atoms. The van der Waals surface area contributed by atoms with Gasteiger partial charge < -0.3 is 9.84 Å². The average Bonchev–Trinajstić information content (AvgIpc) is 1.92. The van der Waals surface area contributed by atoms with E-state index in [0.29, 0.717) is 11.3 Å². The van der Waals surface area contributed by atoms with Crippen molar-refractivity contribution in [3.63, 3.8) is 0 Å². The van der Waals surface area contributed by atoms with Gasteiger partial charge in [0.1, 0.15) is 0 Å². The Morgan fingerprint density at radius 1 is 1.45 bits per heavy atom. The standard InChI is InChI=1S/C9H16O2/c1-7-2-3-9(4-8(7)10)5-11-6-9/h7-8,10H,2-6H2,1H3/t7-,8+/m1/s1. The van der Waals surface area contributed by atoms with Gasteiger partial charge in [-0.15, -0.1) is 0 Å². The first-order valence-electron chi connectivity index (χ1n) is 4.48. The Balaban J connectivity index is 1.97. The van der Waals surface area contributed by atoms with Crippen LogP contribution in [0.4, 0.5) is 0 Å². The van der Waals surface area contributed by atoms with Crippen LogP contribution < -0.4 is 0 Å². The molecule has 1 spiro atoms. The monoisotopic (exact) mass is 156 g/mol. The van der Waals surface area contributed by atoms with Crippen LogP contribution in [0.3, 0.4) is 0 Å². The second-order valence-electron chi connectivity index (χ2n) is 4.28. The van der Waals surface area contributed by atoms with E-state index in [1.807, 2.05) is 0 Å². The lowest BCUT2D eigenvalue weighted by atomic mass is 9.68. The SMILES string of the molecule is C[C@@H]1CCC2(COC2)C[C@@H]1O. The zero-order valence-electron chi connectivity index (χ0n) is 7.05. The maximum Gasteiger partial charge on any atom is 0.0572 e. The highest BCUT2D eigenvalue weighted by Crippen LogP contribution is 2.43. The summed E-state index contributed by atoms with van der Waals surface area (Å²) in [6.07, 6.45) is 3.32. The van der Waals surface area contributed by atoms with Gasteiger partial charge in [0.15, 0.2) is 0 Å². The zero-order chi connectivity index (χ0) is 7.90. The van der Waals surface area contributed by atoms with E-state index in [9.17, 15) is 5.11 Å². The molecule has 2 aliphatic rings. The molecular weight excluding hydrogens is 140 g/mol. The van der Waals surface area contributed by atoms with Crippen LogP contribution in [0.25, 0.3) is 0 Å². The third-order valence-corrected chi connectivity index (χ3v) is 3.25. The van der Waals surface area contributed by atoms with Gasteiger partial charge in [-0.25, -0.2) is 0 Å². The van der Waals surface area contributed by atoms with Crippen molar-refractivity contribution in [1.82, 2.24) is 0 Å². The van der Waals surface area contributed by atoms with E-state index >= 15 is 0 Å². The molecule has 1 aliphatic carbocycles. The molecule has 0 radical (unpaired) electrons. The summed E-state index contributed by atoms with van der Waals surface area (Å²) in [5.41, 5.74) is 0.381. The van der Waals surface area contributed by atoms with Gasteiger partial charge in [-0.05, 0) is 25.2 Å². The van der Waals surface area contributed by atoms with Crippen LogP contribution in [-0.4, -0.2) is 24.4 Å². The lowest BCUT2D eigenvalue weighted by Gasteiger charge is -2.47. The summed E-state index contributed by atoms with van der Waals surface area (Å²) < 4.78 is 5.19. The van der Waals surface area contributed by atoms with Gasteiger partial charge in [0.05, 0.1) is 19.3 Å². The molecule has 0 unspecified atom stereocenters. The van der Waals surface area contributed by atoms with Crippen LogP contribution in [0.15, 0.2) is 0 Å². The number of aliphatic hydroxyl groups excluding tert-OH is 1. The van der Waals surface area contributed by atoms with Gasteiger partial charge >= 0.3 is 0 Å². The topological polar surface area (TPSA) is 29.5 Å². The van der Waals surface area contributed by atoms with Crippen molar-refractivity contribution in [2.45, 2.75) is 32.3 Å². The van der Waals surface area contributed by atoms with Crippen molar-refractivity contribution < 1.29 is 9.84 Å². The fourth-order valence-corrected chi connectivity index (χ4v) is 2.13. The number of hydrogen-bond acceptors (Lipinski definition) is 2. The van der Waals surface area contributed by atoms with Crippen molar-refractivity contribution in [3.8, 4) is 0 Å². The molecule has 0 aromatic rings. The molecule has 0 aromatic carbocycles. The van der Waals surface area contributed by atoms with Crippen LogP contribution in [0, 0.1) is 11.3 Å². The van der Waals surface area contributed by atoms with E-state index in [-0.39, 0.29) is 6.10 Å². The second kappa shape index (κ2) is 2.46. The molecule has 64 valence electrons. The fourth-order valence-electron chi connectivity index (χ4n) is 2.13. The Labute approximate surface area is 67.6 Å². The molecule has 2 heteroatoms. The maximum absolute atomic E-state index is 9.62. The summed E-state index contributed by atoms with van der Waals surface area (Å²) in [7, 11) is 0. The number of rotatable bonds is 0. The summed E-state index contributed by atoms with van der Waals surface area (Å²) in [4.78, 5) is 0. The second-order valence-corrected chi connectivity index (χ2v) is 4.28. The van der Waals surface area contributed by atoms with Gasteiger partial charge in [-0.3, -0.25) is 0 Å². The van der Waals surface area contributed by atoms with Crippen LogP contribution in [-0.2, 0) is 4.74 Å². The lowest BCUT2D eigenvalue weighted by molar-refractivity contribution is -0.159. The molecule has 2 rings (SSSR count). The first kappa shape index (κ1) is 7.56. The van der Waals surface area contributed by atoms with E-state index in [1.54, 1.807) is 0 Å². The van der Waals surface area contributed by atoms with E-state index < -0.39 is 0 Å². The Kier molecular flexibility index (Phi) is 1.69. The molecule has 1 aliphatic heterocycles. The third-order valence-electron chi connectivity index (χ3n) is 3.25. The number of hydrogen-bond donors (Lipinski definition) is 1. The van der Waals surface area contributed by atoms with Crippen molar-refractivity contribution in [3.05, 3.63) is 0 Å². The molecular formula is C9H16O2. The summed E-state index contributed by atoms with van der Waals surface area (Å²) in [5.74, 6) is 0.501. The largest absolute Gasteiger partial charge is 0.393 e. The van der Waals surface area contributed by atoms with E-state index in [0.717, 1.165) is 19.6 Å². The normalized spacial score (nSPS) is 42.0. The molecule has 1 heterocycles. The highest BCUT2D eigenvalue weighted by atomic mass is 16.5. The van der Waals surface area contributed by atoms with Gasteiger partial charge in [0.2, 0.25) is 0 Å². The van der Waals surface area contributed by atoms with Crippen molar-refractivity contribution in [2.24, 2.45) is 11.3 Å². The van der Waals surface area contributed by atoms with Gasteiger partial charge in [-0.1, -0.05) is 6.92 Å². The van der Waals surface area contributed by atoms with Crippen molar-refractivity contribution in [2.75, 3.05) is 13.2 Å². The molecule has 2 nitrogen and oxygen atoms in total. The predicted octanol–water partition coefficient (Wildman–Crippen LogP) is 1.18. The maximum atomic E-state index is 9.62. The van der Waals surface area contributed by atoms with Crippen LogP contribution in [0.5, 0.6) is 0 Å². The summed E-state index contributed by atoms with van der Waals surface area (Å²) in [5, 5.41) is 9.62. The molecule has 11 heavy (non-hydrogen) atoms. The zero-order valence-corrected chi connectivity index (χ0v) is 7.05. The third kappa shape index (κ3) is 1.18. The lowest BCUT2D eigenvalue weighted by Crippen LogP contribution is -2.49. The van der Waals surface area contributed by atoms with E-state index in [2.05, 4.69) is 6.92 Å². The molecule has 1 saturated heterocycles. The summed E-state index contributed by atoms with van der Waals surface area (Å²) >= 11 is 0. The molecule has 0 amide bonds. The Bertz CT molecular complexity index is 152. The average molecular weight is 156 g/mol.